The van der Waals surface area contributed by atoms with Gasteiger partial charge in [-0.05, 0) is 18.8 Å². The third-order valence-corrected chi connectivity index (χ3v) is 2.81. The zero-order chi connectivity index (χ0) is 13.8. The van der Waals surface area contributed by atoms with Gasteiger partial charge in [0.05, 0.1) is 11.0 Å². The summed E-state index contributed by atoms with van der Waals surface area (Å²) in [6.07, 6.45) is 2.15. The molecule has 0 atom stereocenters. The van der Waals surface area contributed by atoms with Gasteiger partial charge < -0.3 is 10.4 Å². The van der Waals surface area contributed by atoms with Gasteiger partial charge in [-0.2, -0.15) is 0 Å². The predicted octanol–water partition coefficient (Wildman–Crippen LogP) is 2.12. The molecule has 100 valence electrons. The van der Waals surface area contributed by atoms with E-state index in [9.17, 15) is 10.1 Å². The topological polar surface area (TPSA) is 88.3 Å². The molecule has 0 aliphatic carbocycles. The maximum atomic E-state index is 10.8. The fourth-order valence-electron chi connectivity index (χ4n) is 1.53. The lowest BCUT2D eigenvalue weighted by Gasteiger charge is -2.24. The van der Waals surface area contributed by atoms with E-state index in [2.05, 4.69) is 10.3 Å². The number of nitro groups is 1. The molecule has 0 aliphatic heterocycles. The van der Waals surface area contributed by atoms with Crippen LogP contribution in [-0.4, -0.2) is 28.2 Å². The summed E-state index contributed by atoms with van der Waals surface area (Å²) in [5.74, 6) is 0.485. The Balaban J connectivity index is 2.74. The Kier molecular flexibility index (Phi) is 4.61. The van der Waals surface area contributed by atoms with E-state index < -0.39 is 4.92 Å². The van der Waals surface area contributed by atoms with Crippen LogP contribution in [-0.2, 0) is 0 Å². The molecule has 0 amide bonds. The van der Waals surface area contributed by atoms with Gasteiger partial charge in [0, 0.05) is 24.9 Å². The molecular formula is C12H19N3O3. The zero-order valence-electron chi connectivity index (χ0n) is 10.9. The van der Waals surface area contributed by atoms with E-state index in [4.69, 9.17) is 5.11 Å². The molecule has 18 heavy (non-hydrogen) atoms. The summed E-state index contributed by atoms with van der Waals surface area (Å²) < 4.78 is 0. The van der Waals surface area contributed by atoms with Crippen molar-refractivity contribution in [2.24, 2.45) is 5.41 Å². The number of nitrogens with one attached hydrogen (secondary N) is 1. The molecule has 2 N–H and O–H groups in total. The van der Waals surface area contributed by atoms with Crippen molar-refractivity contribution in [2.75, 3.05) is 18.5 Å². The van der Waals surface area contributed by atoms with Crippen LogP contribution < -0.4 is 5.32 Å². The third-order valence-electron chi connectivity index (χ3n) is 2.81. The van der Waals surface area contributed by atoms with Gasteiger partial charge in [-0.25, -0.2) is 4.98 Å². The first-order valence-corrected chi connectivity index (χ1v) is 5.81. The zero-order valence-corrected chi connectivity index (χ0v) is 10.9. The molecule has 6 heteroatoms. The van der Waals surface area contributed by atoms with E-state index in [0.29, 0.717) is 24.3 Å². The van der Waals surface area contributed by atoms with Crippen LogP contribution in [0.15, 0.2) is 12.3 Å². The Labute approximate surface area is 106 Å². The first-order chi connectivity index (χ1) is 8.35. The standard InChI is InChI=1S/C12H19N3O3/c1-9-7-13-11(6-10(9)15(17)18)14-8-12(2,3)4-5-16/h6-7,16H,4-5,8H2,1-3H3,(H,13,14). The molecule has 0 radical (unpaired) electrons. The number of nitrogens with zero attached hydrogens (tertiary/aromatic N) is 2. The summed E-state index contributed by atoms with van der Waals surface area (Å²) in [6.45, 7) is 6.40. The highest BCUT2D eigenvalue weighted by molar-refractivity contribution is 5.48. The van der Waals surface area contributed by atoms with Crippen molar-refractivity contribution in [1.29, 1.82) is 0 Å². The normalized spacial score (nSPS) is 11.3. The fraction of sp³-hybridized carbons (Fsp3) is 0.583. The monoisotopic (exact) mass is 253 g/mol. The molecular weight excluding hydrogens is 234 g/mol. The number of hydrogen-bond acceptors (Lipinski definition) is 5. The largest absolute Gasteiger partial charge is 0.396 e. The van der Waals surface area contributed by atoms with Crippen LogP contribution in [0.3, 0.4) is 0 Å². The number of aliphatic hydroxyl groups is 1. The quantitative estimate of drug-likeness (QED) is 0.598. The minimum Gasteiger partial charge on any atom is -0.396 e. The van der Waals surface area contributed by atoms with Gasteiger partial charge in [0.15, 0.2) is 0 Å². The molecule has 0 unspecified atom stereocenters. The predicted molar refractivity (Wildman–Crippen MR) is 69.6 cm³/mol. The van der Waals surface area contributed by atoms with Crippen molar-refractivity contribution in [3.05, 3.63) is 27.9 Å². The number of pyridine rings is 1. The Hall–Kier alpha value is -1.69. The first-order valence-electron chi connectivity index (χ1n) is 5.81. The van der Waals surface area contributed by atoms with Gasteiger partial charge in [0.25, 0.3) is 5.69 Å². The van der Waals surface area contributed by atoms with Crippen LogP contribution >= 0.6 is 0 Å². The van der Waals surface area contributed by atoms with Crippen LogP contribution in [0.1, 0.15) is 25.8 Å². The molecule has 1 aromatic rings. The van der Waals surface area contributed by atoms with Crippen molar-refractivity contribution in [3.63, 3.8) is 0 Å². The maximum Gasteiger partial charge on any atom is 0.277 e. The third kappa shape index (κ3) is 3.96. The van der Waals surface area contributed by atoms with Gasteiger partial charge in [-0.15, -0.1) is 0 Å². The lowest BCUT2D eigenvalue weighted by molar-refractivity contribution is -0.385. The molecule has 0 bridgehead atoms. The van der Waals surface area contributed by atoms with Crippen LogP contribution in [0.4, 0.5) is 11.5 Å². The van der Waals surface area contributed by atoms with Gasteiger partial charge in [0.1, 0.15) is 5.82 Å². The number of anilines is 1. The summed E-state index contributed by atoms with van der Waals surface area (Å²) in [4.78, 5) is 14.5. The molecule has 0 aliphatic rings. The Morgan fingerprint density at radius 2 is 2.22 bits per heavy atom. The van der Waals surface area contributed by atoms with E-state index in [0.717, 1.165) is 0 Å². The summed E-state index contributed by atoms with van der Waals surface area (Å²) in [5.41, 5.74) is 0.517. The Morgan fingerprint density at radius 1 is 1.56 bits per heavy atom. The van der Waals surface area contributed by atoms with Crippen LogP contribution in [0.5, 0.6) is 0 Å². The highest BCUT2D eigenvalue weighted by Crippen LogP contribution is 2.23. The Morgan fingerprint density at radius 3 is 2.78 bits per heavy atom. The number of aliphatic hydroxyl groups excluding tert-OH is 1. The molecule has 0 saturated carbocycles. The average molecular weight is 253 g/mol. The smallest absolute Gasteiger partial charge is 0.277 e. The summed E-state index contributed by atoms with van der Waals surface area (Å²) in [7, 11) is 0. The maximum absolute atomic E-state index is 10.8. The first kappa shape index (κ1) is 14.4. The lowest BCUT2D eigenvalue weighted by atomic mass is 9.90. The van der Waals surface area contributed by atoms with Crippen LogP contribution in [0.2, 0.25) is 0 Å². The molecule has 0 fully saturated rings. The van der Waals surface area contributed by atoms with Crippen molar-refractivity contribution in [2.45, 2.75) is 27.2 Å². The lowest BCUT2D eigenvalue weighted by Crippen LogP contribution is -2.24. The number of aromatic nitrogens is 1. The molecule has 1 heterocycles. The molecule has 0 saturated heterocycles. The molecule has 1 aromatic heterocycles. The second kappa shape index (κ2) is 5.77. The summed E-state index contributed by atoms with van der Waals surface area (Å²) >= 11 is 0. The second-order valence-corrected chi connectivity index (χ2v) is 5.10. The van der Waals surface area contributed by atoms with Gasteiger partial charge >= 0.3 is 0 Å². The van der Waals surface area contributed by atoms with Crippen LogP contribution in [0.25, 0.3) is 0 Å². The van der Waals surface area contributed by atoms with Crippen molar-refractivity contribution in [1.82, 2.24) is 4.98 Å². The molecule has 0 spiro atoms. The average Bonchev–Trinajstić information content (AvgIpc) is 2.27. The minimum atomic E-state index is -0.416. The van der Waals surface area contributed by atoms with E-state index in [1.54, 1.807) is 6.92 Å². The van der Waals surface area contributed by atoms with Gasteiger partial charge in [0.2, 0.25) is 0 Å². The van der Waals surface area contributed by atoms with Gasteiger partial charge in [-0.3, -0.25) is 10.1 Å². The van der Waals surface area contributed by atoms with Crippen molar-refractivity contribution in [3.8, 4) is 0 Å². The van der Waals surface area contributed by atoms with E-state index in [1.807, 2.05) is 13.8 Å². The highest BCUT2D eigenvalue weighted by Gasteiger charge is 2.18. The fourth-order valence-corrected chi connectivity index (χ4v) is 1.53. The number of hydrogen-bond donors (Lipinski definition) is 2. The van der Waals surface area contributed by atoms with E-state index in [1.165, 1.54) is 12.3 Å². The van der Waals surface area contributed by atoms with Crippen molar-refractivity contribution < 1.29 is 10.0 Å². The summed E-state index contributed by atoms with van der Waals surface area (Å²) in [6, 6.07) is 1.43. The van der Waals surface area contributed by atoms with Crippen LogP contribution in [0, 0.1) is 22.5 Å². The van der Waals surface area contributed by atoms with Crippen molar-refractivity contribution >= 4 is 11.5 Å². The molecule has 0 aromatic carbocycles. The van der Waals surface area contributed by atoms with E-state index >= 15 is 0 Å². The van der Waals surface area contributed by atoms with E-state index in [-0.39, 0.29) is 17.7 Å². The Bertz CT molecular complexity index is 433. The SMILES string of the molecule is Cc1cnc(NCC(C)(C)CCO)cc1[N+](=O)[O-]. The highest BCUT2D eigenvalue weighted by atomic mass is 16.6. The van der Waals surface area contributed by atoms with Gasteiger partial charge in [-0.1, -0.05) is 13.8 Å². The molecule has 1 rings (SSSR count). The molecule has 6 nitrogen and oxygen atoms in total. The minimum absolute atomic E-state index is 0.0625. The second-order valence-electron chi connectivity index (χ2n) is 5.10. The number of rotatable bonds is 6. The summed E-state index contributed by atoms with van der Waals surface area (Å²) in [5, 5.41) is 22.8. The number of aryl methyl sites for hydroxylation is 1.